The Morgan fingerprint density at radius 3 is 2.27 bits per heavy atom. The molecule has 150 valence electrons. The average Bonchev–Trinajstić information content (AvgIpc) is 2.97. The molecular weight excluding hydrogens is 316 g/mol. The summed E-state index contributed by atoms with van der Waals surface area (Å²) < 4.78 is 0. The zero-order valence-electron chi connectivity index (χ0n) is 18.4. The fourth-order valence-electron chi connectivity index (χ4n) is 8.77. The van der Waals surface area contributed by atoms with Gasteiger partial charge in [0.2, 0.25) is 0 Å². The molecule has 0 amide bonds. The summed E-state index contributed by atoms with van der Waals surface area (Å²) >= 11 is 0. The quantitative estimate of drug-likeness (QED) is 0.745. The third-order valence-corrected chi connectivity index (χ3v) is 10.5. The molecule has 0 aromatic rings. The smallest absolute Gasteiger partial charge is 0.00922 e. The first-order valence-electron chi connectivity index (χ1n) is 11.6. The number of rotatable bonds is 3. The van der Waals surface area contributed by atoms with Crippen LogP contribution in [0.4, 0.5) is 0 Å². The van der Waals surface area contributed by atoms with E-state index in [1.165, 1.54) is 57.8 Å². The van der Waals surface area contributed by atoms with E-state index in [1.807, 2.05) is 0 Å². The first kappa shape index (κ1) is 19.2. The molecule has 4 rings (SSSR count). The summed E-state index contributed by atoms with van der Waals surface area (Å²) in [5, 5.41) is 3.60. The van der Waals surface area contributed by atoms with Gasteiger partial charge < -0.3 is 10.2 Å². The first-order chi connectivity index (χ1) is 12.3. The number of hydrogen-bond acceptors (Lipinski definition) is 2. The van der Waals surface area contributed by atoms with Crippen LogP contribution >= 0.6 is 0 Å². The maximum atomic E-state index is 3.60. The van der Waals surface area contributed by atoms with Crippen molar-refractivity contribution in [1.82, 2.24) is 10.2 Å². The molecule has 0 radical (unpaired) electrons. The van der Waals surface area contributed by atoms with Crippen LogP contribution < -0.4 is 5.32 Å². The predicted octanol–water partition coefficient (Wildman–Crippen LogP) is 5.18. The third kappa shape index (κ3) is 2.72. The number of fused-ring (bicyclic) bond motifs is 5. The molecule has 1 N–H and O–H groups in total. The van der Waals surface area contributed by atoms with E-state index < -0.39 is 0 Å². The Hall–Kier alpha value is -0.0800. The Bertz CT molecular complexity index is 516. The second-order valence-electron chi connectivity index (χ2n) is 11.4. The Kier molecular flexibility index (Phi) is 5.01. The number of hydrogen-bond donors (Lipinski definition) is 1. The molecule has 1 unspecified atom stereocenters. The van der Waals surface area contributed by atoms with Gasteiger partial charge in [0.1, 0.15) is 0 Å². The zero-order valence-corrected chi connectivity index (χ0v) is 18.4. The maximum Gasteiger partial charge on any atom is 0.00922 e. The van der Waals surface area contributed by atoms with E-state index in [0.717, 1.165) is 35.6 Å². The monoisotopic (exact) mass is 360 g/mol. The van der Waals surface area contributed by atoms with Gasteiger partial charge in [0, 0.05) is 12.1 Å². The summed E-state index contributed by atoms with van der Waals surface area (Å²) in [5.41, 5.74) is 1.25. The molecule has 4 aliphatic carbocycles. The Labute approximate surface area is 162 Å². The summed E-state index contributed by atoms with van der Waals surface area (Å²) in [6.45, 7) is 7.83. The van der Waals surface area contributed by atoms with Gasteiger partial charge in [-0.3, -0.25) is 0 Å². The third-order valence-electron chi connectivity index (χ3n) is 10.5. The van der Waals surface area contributed by atoms with Crippen molar-refractivity contribution in [3.8, 4) is 0 Å². The van der Waals surface area contributed by atoms with Gasteiger partial charge in [0.15, 0.2) is 0 Å². The fraction of sp³-hybridized carbons (Fsp3) is 1.00. The summed E-state index contributed by atoms with van der Waals surface area (Å²) in [4.78, 5) is 2.50. The molecule has 0 bridgehead atoms. The van der Waals surface area contributed by atoms with Crippen LogP contribution in [0.3, 0.4) is 0 Å². The second-order valence-corrected chi connectivity index (χ2v) is 11.4. The van der Waals surface area contributed by atoms with Gasteiger partial charge in [-0.05, 0) is 126 Å². The fourth-order valence-corrected chi connectivity index (χ4v) is 8.77. The first-order valence-corrected chi connectivity index (χ1v) is 11.6. The summed E-state index contributed by atoms with van der Waals surface area (Å²) in [7, 11) is 6.77. The largest absolute Gasteiger partial charge is 0.317 e. The molecule has 0 aromatic heterocycles. The molecular formula is C24H44N2. The highest BCUT2D eigenvalue weighted by Crippen LogP contribution is 2.67. The van der Waals surface area contributed by atoms with Crippen LogP contribution in [-0.4, -0.2) is 38.1 Å². The van der Waals surface area contributed by atoms with Crippen LogP contribution in [0.25, 0.3) is 0 Å². The Balaban J connectivity index is 1.55. The summed E-state index contributed by atoms with van der Waals surface area (Å²) in [6.07, 6.45) is 13.4. The maximum absolute atomic E-state index is 3.60. The molecule has 9 atom stereocenters. The average molecular weight is 361 g/mol. The second kappa shape index (κ2) is 6.76. The van der Waals surface area contributed by atoms with Gasteiger partial charge in [-0.1, -0.05) is 13.8 Å². The Morgan fingerprint density at radius 2 is 1.58 bits per heavy atom. The minimum Gasteiger partial charge on any atom is -0.317 e. The molecule has 0 aliphatic heterocycles. The standard InChI is InChI=1S/C24H44N2/c1-16(25-4)20-9-10-21-19-8-7-17-15-18(26(5)6)11-13-23(17,2)22(19)12-14-24(20,21)3/h16-22,25H,7-15H2,1-6H3/t16?,17-,18-,19-,20+,21-,22-,23-,24+/m0/s1. The van der Waals surface area contributed by atoms with Gasteiger partial charge in [-0.25, -0.2) is 0 Å². The van der Waals surface area contributed by atoms with E-state index in [2.05, 4.69) is 52.1 Å². The lowest BCUT2D eigenvalue weighted by atomic mass is 9.44. The highest BCUT2D eigenvalue weighted by Gasteiger charge is 2.60. The van der Waals surface area contributed by atoms with Crippen molar-refractivity contribution in [2.24, 2.45) is 40.4 Å². The normalized spacial score (nSPS) is 52.3. The van der Waals surface area contributed by atoms with E-state index in [9.17, 15) is 0 Å². The molecule has 2 nitrogen and oxygen atoms in total. The molecule has 26 heavy (non-hydrogen) atoms. The lowest BCUT2D eigenvalue weighted by Crippen LogP contribution is -2.55. The van der Waals surface area contributed by atoms with E-state index in [1.54, 1.807) is 0 Å². The molecule has 0 heterocycles. The van der Waals surface area contributed by atoms with Gasteiger partial charge in [0.05, 0.1) is 0 Å². The van der Waals surface area contributed by atoms with E-state index in [4.69, 9.17) is 0 Å². The minimum absolute atomic E-state index is 0.605. The molecule has 4 fully saturated rings. The van der Waals surface area contributed by atoms with Gasteiger partial charge in [-0.15, -0.1) is 0 Å². The van der Waals surface area contributed by atoms with Crippen molar-refractivity contribution < 1.29 is 0 Å². The predicted molar refractivity (Wildman–Crippen MR) is 111 cm³/mol. The SMILES string of the molecule is CNC(C)[C@H]1CC[C@H]2[C@@H]3CC[C@H]4C[C@@H](N(C)C)CC[C@]4(C)[C@H]3CC[C@]12C. The van der Waals surface area contributed by atoms with Crippen molar-refractivity contribution in [2.45, 2.75) is 90.6 Å². The molecule has 4 saturated carbocycles. The molecule has 4 aliphatic rings. The van der Waals surface area contributed by atoms with Crippen molar-refractivity contribution in [2.75, 3.05) is 21.1 Å². The van der Waals surface area contributed by atoms with Gasteiger partial charge >= 0.3 is 0 Å². The van der Waals surface area contributed by atoms with Crippen molar-refractivity contribution in [3.63, 3.8) is 0 Å². The van der Waals surface area contributed by atoms with Gasteiger partial charge in [-0.2, -0.15) is 0 Å². The van der Waals surface area contributed by atoms with Crippen LogP contribution in [-0.2, 0) is 0 Å². The zero-order chi connectivity index (χ0) is 18.7. The number of nitrogens with zero attached hydrogens (tertiary/aromatic N) is 1. The van der Waals surface area contributed by atoms with Crippen LogP contribution in [0.5, 0.6) is 0 Å². The lowest BCUT2D eigenvalue weighted by molar-refractivity contribution is -0.120. The van der Waals surface area contributed by atoms with Crippen molar-refractivity contribution in [3.05, 3.63) is 0 Å². The van der Waals surface area contributed by atoms with Crippen molar-refractivity contribution >= 4 is 0 Å². The molecule has 2 heteroatoms. The molecule has 0 aromatic carbocycles. The number of nitrogens with one attached hydrogen (secondary N) is 1. The van der Waals surface area contributed by atoms with Crippen LogP contribution in [0.2, 0.25) is 0 Å². The van der Waals surface area contributed by atoms with Gasteiger partial charge in [0.25, 0.3) is 0 Å². The highest BCUT2D eigenvalue weighted by atomic mass is 15.1. The lowest BCUT2D eigenvalue weighted by Gasteiger charge is -2.61. The Morgan fingerprint density at radius 1 is 0.885 bits per heavy atom. The van der Waals surface area contributed by atoms with Crippen LogP contribution in [0, 0.1) is 40.4 Å². The molecule has 0 spiro atoms. The minimum atomic E-state index is 0.605. The topological polar surface area (TPSA) is 15.3 Å². The summed E-state index contributed by atoms with van der Waals surface area (Å²) in [6, 6.07) is 1.52. The highest BCUT2D eigenvalue weighted by molar-refractivity contribution is 5.10. The van der Waals surface area contributed by atoms with E-state index in [-0.39, 0.29) is 0 Å². The van der Waals surface area contributed by atoms with Crippen LogP contribution in [0.1, 0.15) is 78.6 Å². The van der Waals surface area contributed by atoms with E-state index >= 15 is 0 Å². The van der Waals surface area contributed by atoms with Crippen molar-refractivity contribution in [1.29, 1.82) is 0 Å². The molecule has 0 saturated heterocycles. The van der Waals surface area contributed by atoms with E-state index in [0.29, 0.717) is 16.9 Å². The summed E-state index contributed by atoms with van der Waals surface area (Å²) in [5.74, 6) is 4.94. The van der Waals surface area contributed by atoms with Crippen LogP contribution in [0.15, 0.2) is 0 Å².